The van der Waals surface area contributed by atoms with Gasteiger partial charge in [-0.05, 0) is 46.4 Å². The molecule has 0 heterocycles. The molecule has 25 heavy (non-hydrogen) atoms. The molecule has 4 rings (SSSR count). The summed E-state index contributed by atoms with van der Waals surface area (Å²) in [6.45, 7) is 2.14. The molecule has 0 aliphatic carbocycles. The lowest BCUT2D eigenvalue weighted by molar-refractivity contribution is 1.46. The highest BCUT2D eigenvalue weighted by molar-refractivity contribution is 5.85. The molecule has 120 valence electrons. The third kappa shape index (κ3) is 3.25. The minimum Gasteiger partial charge on any atom is -0.0622 e. The Bertz CT molecular complexity index is 997. The summed E-state index contributed by atoms with van der Waals surface area (Å²) in [6.07, 6.45) is 0. The Kier molecular flexibility index (Phi) is 4.18. The molecule has 0 amide bonds. The van der Waals surface area contributed by atoms with Gasteiger partial charge in [-0.2, -0.15) is 0 Å². The smallest absolute Gasteiger partial charge is 0.0105 e. The minimum atomic E-state index is 1.25. The average Bonchev–Trinajstić information content (AvgIpc) is 2.69. The minimum absolute atomic E-state index is 1.25. The highest BCUT2D eigenvalue weighted by Crippen LogP contribution is 2.34. The van der Waals surface area contributed by atoms with E-state index in [4.69, 9.17) is 0 Å². The topological polar surface area (TPSA) is 0 Å². The first-order valence-corrected chi connectivity index (χ1v) is 8.63. The van der Waals surface area contributed by atoms with Crippen molar-refractivity contribution < 1.29 is 0 Å². The summed E-state index contributed by atoms with van der Waals surface area (Å²) < 4.78 is 0. The van der Waals surface area contributed by atoms with Crippen LogP contribution in [0, 0.1) is 6.92 Å². The van der Waals surface area contributed by atoms with Gasteiger partial charge in [0.15, 0.2) is 0 Å². The van der Waals surface area contributed by atoms with Crippen LogP contribution in [-0.2, 0) is 0 Å². The molecule has 0 nitrogen and oxygen atoms in total. The molecule has 0 aromatic heterocycles. The second-order valence-corrected chi connectivity index (χ2v) is 6.36. The molecule has 0 spiro atoms. The summed E-state index contributed by atoms with van der Waals surface area (Å²) in [5, 5.41) is 0. The molecule has 0 heteroatoms. The summed E-state index contributed by atoms with van der Waals surface area (Å²) in [6, 6.07) is 36.7. The van der Waals surface area contributed by atoms with Gasteiger partial charge in [0.1, 0.15) is 0 Å². The van der Waals surface area contributed by atoms with Gasteiger partial charge in [-0.3, -0.25) is 0 Å². The summed E-state index contributed by atoms with van der Waals surface area (Å²) >= 11 is 0. The zero-order chi connectivity index (χ0) is 17.1. The zero-order valence-corrected chi connectivity index (χ0v) is 14.3. The van der Waals surface area contributed by atoms with Crippen LogP contribution in [0.1, 0.15) is 5.56 Å². The van der Waals surface area contributed by atoms with Crippen molar-refractivity contribution in [2.75, 3.05) is 0 Å². The SMILES string of the molecule is Cc1cccc(-c2ccccc2-c2cccc(-c3ccccc3)c2)c1. The lowest BCUT2D eigenvalue weighted by Crippen LogP contribution is -1.86. The van der Waals surface area contributed by atoms with E-state index in [1.54, 1.807) is 0 Å². The van der Waals surface area contributed by atoms with Gasteiger partial charge in [-0.15, -0.1) is 0 Å². The first-order valence-electron chi connectivity index (χ1n) is 8.63. The fourth-order valence-electron chi connectivity index (χ4n) is 3.30. The molecule has 4 aromatic rings. The van der Waals surface area contributed by atoms with Crippen LogP contribution in [-0.4, -0.2) is 0 Å². The fourth-order valence-corrected chi connectivity index (χ4v) is 3.30. The lowest BCUT2D eigenvalue weighted by Gasteiger charge is -2.12. The van der Waals surface area contributed by atoms with E-state index in [0.29, 0.717) is 0 Å². The van der Waals surface area contributed by atoms with Crippen molar-refractivity contribution in [1.29, 1.82) is 0 Å². The molecular formula is C25H20. The zero-order valence-electron chi connectivity index (χ0n) is 14.3. The van der Waals surface area contributed by atoms with Gasteiger partial charge in [0.05, 0.1) is 0 Å². The highest BCUT2D eigenvalue weighted by Gasteiger charge is 2.08. The average molecular weight is 320 g/mol. The maximum Gasteiger partial charge on any atom is -0.0105 e. The van der Waals surface area contributed by atoms with Gasteiger partial charge in [0, 0.05) is 0 Å². The molecule has 0 saturated carbocycles. The van der Waals surface area contributed by atoms with Gasteiger partial charge in [0.25, 0.3) is 0 Å². The molecule has 0 radical (unpaired) electrons. The maximum absolute atomic E-state index is 2.28. The summed E-state index contributed by atoms with van der Waals surface area (Å²) in [4.78, 5) is 0. The summed E-state index contributed by atoms with van der Waals surface area (Å²) in [5.41, 5.74) is 8.83. The van der Waals surface area contributed by atoms with Crippen molar-refractivity contribution in [3.05, 3.63) is 109 Å². The van der Waals surface area contributed by atoms with E-state index < -0.39 is 0 Å². The molecular weight excluding hydrogens is 300 g/mol. The number of hydrogen-bond acceptors (Lipinski definition) is 0. The molecule has 0 aliphatic rings. The van der Waals surface area contributed by atoms with Crippen molar-refractivity contribution >= 4 is 0 Å². The second-order valence-electron chi connectivity index (χ2n) is 6.36. The molecule has 0 atom stereocenters. The quantitative estimate of drug-likeness (QED) is 0.381. The van der Waals surface area contributed by atoms with E-state index in [1.165, 1.54) is 38.9 Å². The van der Waals surface area contributed by atoms with E-state index in [-0.39, 0.29) is 0 Å². The van der Waals surface area contributed by atoms with E-state index in [9.17, 15) is 0 Å². The monoisotopic (exact) mass is 320 g/mol. The first-order chi connectivity index (χ1) is 12.3. The lowest BCUT2D eigenvalue weighted by atomic mass is 9.92. The molecule has 0 bridgehead atoms. The van der Waals surface area contributed by atoms with Crippen molar-refractivity contribution in [3.63, 3.8) is 0 Å². The van der Waals surface area contributed by atoms with Crippen molar-refractivity contribution in [1.82, 2.24) is 0 Å². The highest BCUT2D eigenvalue weighted by atomic mass is 14.1. The predicted octanol–water partition coefficient (Wildman–Crippen LogP) is 7.00. The van der Waals surface area contributed by atoms with Crippen LogP contribution >= 0.6 is 0 Å². The summed E-state index contributed by atoms with van der Waals surface area (Å²) in [5.74, 6) is 0. The normalized spacial score (nSPS) is 10.6. The van der Waals surface area contributed by atoms with Gasteiger partial charge >= 0.3 is 0 Å². The van der Waals surface area contributed by atoms with Crippen LogP contribution in [0.4, 0.5) is 0 Å². The standard InChI is InChI=1S/C25H20/c1-19-9-7-13-22(17-19)24-15-5-6-16-25(24)23-14-8-12-21(18-23)20-10-3-2-4-11-20/h2-18H,1H3. The van der Waals surface area contributed by atoms with E-state index >= 15 is 0 Å². The predicted molar refractivity (Wildman–Crippen MR) is 107 cm³/mol. The second kappa shape index (κ2) is 6.78. The third-order valence-corrected chi connectivity index (χ3v) is 4.54. The maximum atomic E-state index is 2.28. The van der Waals surface area contributed by atoms with Crippen LogP contribution in [0.3, 0.4) is 0 Å². The Morgan fingerprint density at radius 1 is 0.400 bits per heavy atom. The molecule has 0 unspecified atom stereocenters. The van der Waals surface area contributed by atoms with Crippen molar-refractivity contribution in [2.24, 2.45) is 0 Å². The number of benzene rings is 4. The molecule has 0 aliphatic heterocycles. The van der Waals surface area contributed by atoms with Crippen LogP contribution in [0.25, 0.3) is 33.4 Å². The Morgan fingerprint density at radius 2 is 0.920 bits per heavy atom. The molecule has 0 saturated heterocycles. The van der Waals surface area contributed by atoms with Crippen molar-refractivity contribution in [3.8, 4) is 33.4 Å². The fraction of sp³-hybridized carbons (Fsp3) is 0.0400. The third-order valence-electron chi connectivity index (χ3n) is 4.54. The molecule has 4 aromatic carbocycles. The van der Waals surface area contributed by atoms with E-state index in [0.717, 1.165) is 0 Å². The van der Waals surface area contributed by atoms with Gasteiger partial charge in [-0.25, -0.2) is 0 Å². The Balaban J connectivity index is 1.84. The largest absolute Gasteiger partial charge is 0.0622 e. The van der Waals surface area contributed by atoms with Gasteiger partial charge < -0.3 is 0 Å². The molecule has 0 fully saturated rings. The van der Waals surface area contributed by atoms with E-state index in [1.807, 2.05) is 0 Å². The number of aryl methyl sites for hydroxylation is 1. The van der Waals surface area contributed by atoms with Crippen molar-refractivity contribution in [2.45, 2.75) is 6.92 Å². The first kappa shape index (κ1) is 15.4. The van der Waals surface area contributed by atoms with Gasteiger partial charge in [-0.1, -0.05) is 103 Å². The van der Waals surface area contributed by atoms with Crippen LogP contribution in [0.15, 0.2) is 103 Å². The van der Waals surface area contributed by atoms with Crippen LogP contribution in [0.5, 0.6) is 0 Å². The Labute approximate surface area is 149 Å². The Morgan fingerprint density at radius 3 is 1.60 bits per heavy atom. The van der Waals surface area contributed by atoms with Gasteiger partial charge in [0.2, 0.25) is 0 Å². The number of hydrogen-bond donors (Lipinski definition) is 0. The van der Waals surface area contributed by atoms with Crippen LogP contribution in [0.2, 0.25) is 0 Å². The Hall–Kier alpha value is -3.12. The number of rotatable bonds is 3. The molecule has 0 N–H and O–H groups in total. The summed E-state index contributed by atoms with van der Waals surface area (Å²) in [7, 11) is 0. The van der Waals surface area contributed by atoms with E-state index in [2.05, 4.69) is 110 Å². The van der Waals surface area contributed by atoms with Crippen LogP contribution < -0.4 is 0 Å².